The van der Waals surface area contributed by atoms with Gasteiger partial charge in [-0.05, 0) is 43.2 Å². The fourth-order valence-electron chi connectivity index (χ4n) is 3.41. The molecule has 0 aliphatic heterocycles. The summed E-state index contributed by atoms with van der Waals surface area (Å²) >= 11 is 12.3. The largest absolute Gasteiger partial charge is 0.357 e. The monoisotopic (exact) mass is 527 g/mol. The topological polar surface area (TPSA) is 104 Å². The third-order valence-corrected chi connectivity index (χ3v) is 6.94. The van der Waals surface area contributed by atoms with Crippen LogP contribution in [0, 0.1) is 0 Å². The molecule has 0 saturated heterocycles. The van der Waals surface area contributed by atoms with Gasteiger partial charge in [0.1, 0.15) is 12.6 Å². The summed E-state index contributed by atoms with van der Waals surface area (Å²) in [6, 6.07) is 9.92. The van der Waals surface area contributed by atoms with E-state index in [0.29, 0.717) is 21.2 Å². The molecule has 34 heavy (non-hydrogen) atoms. The molecule has 2 aromatic carbocycles. The Hall–Kier alpha value is -2.62. The second kappa shape index (κ2) is 11.7. The highest BCUT2D eigenvalue weighted by Gasteiger charge is 2.31. The molecule has 2 amide bonds. The molecule has 0 aliphatic carbocycles. The molecule has 1 atom stereocenters. The van der Waals surface area contributed by atoms with Crippen LogP contribution in [0.25, 0.3) is 0 Å². The fraction of sp³-hybridized carbons (Fsp3) is 0.348. The van der Waals surface area contributed by atoms with Gasteiger partial charge in [-0.2, -0.15) is 0 Å². The van der Waals surface area contributed by atoms with Gasteiger partial charge in [0.2, 0.25) is 21.8 Å². The van der Waals surface area contributed by atoms with Crippen LogP contribution in [0.2, 0.25) is 10.0 Å². The van der Waals surface area contributed by atoms with Crippen LogP contribution in [0.1, 0.15) is 36.2 Å². The number of benzene rings is 2. The number of carbonyl (C=O) groups excluding carboxylic acids is 3. The summed E-state index contributed by atoms with van der Waals surface area (Å²) in [6.07, 6.45) is 1.26. The van der Waals surface area contributed by atoms with Crippen LogP contribution in [0.4, 0.5) is 5.69 Å². The number of hydrogen-bond acceptors (Lipinski definition) is 5. The van der Waals surface area contributed by atoms with Gasteiger partial charge in [-0.15, -0.1) is 0 Å². The number of halogens is 2. The molecule has 8 nitrogen and oxygen atoms in total. The van der Waals surface area contributed by atoms with Crippen molar-refractivity contribution in [3.63, 3.8) is 0 Å². The lowest BCUT2D eigenvalue weighted by Gasteiger charge is -2.32. The maximum atomic E-state index is 13.5. The predicted octanol–water partition coefficient (Wildman–Crippen LogP) is 3.52. The van der Waals surface area contributed by atoms with Gasteiger partial charge in [-0.25, -0.2) is 8.42 Å². The molecular formula is C23H27Cl2N3O5S. The van der Waals surface area contributed by atoms with Crippen molar-refractivity contribution in [2.75, 3.05) is 24.2 Å². The van der Waals surface area contributed by atoms with Crippen molar-refractivity contribution in [1.29, 1.82) is 0 Å². The highest BCUT2D eigenvalue weighted by Crippen LogP contribution is 2.25. The first kappa shape index (κ1) is 27.6. The highest BCUT2D eigenvalue weighted by atomic mass is 35.5. The average molecular weight is 528 g/mol. The van der Waals surface area contributed by atoms with Crippen LogP contribution in [-0.2, 0) is 26.2 Å². The number of likely N-dealkylation sites (N-methyl/N-ethyl adjacent to an activating group) is 1. The maximum Gasteiger partial charge on any atom is 0.244 e. The quantitative estimate of drug-likeness (QED) is 0.476. The molecule has 0 bridgehead atoms. The van der Waals surface area contributed by atoms with E-state index in [1.54, 1.807) is 31.2 Å². The lowest BCUT2D eigenvalue weighted by atomic mass is 10.1. The number of amides is 2. The van der Waals surface area contributed by atoms with Gasteiger partial charge >= 0.3 is 0 Å². The molecule has 0 spiro atoms. The maximum absolute atomic E-state index is 13.5. The molecule has 0 unspecified atom stereocenters. The Morgan fingerprint density at radius 2 is 1.76 bits per heavy atom. The lowest BCUT2D eigenvalue weighted by molar-refractivity contribution is -0.140. The highest BCUT2D eigenvalue weighted by molar-refractivity contribution is 7.92. The SMILES string of the molecule is CC[C@H](C(=O)NC)N(Cc1ccc(Cl)cc1Cl)C(=O)CN(c1cccc(C(C)=O)c1)S(C)(=O)=O. The Morgan fingerprint density at radius 3 is 2.29 bits per heavy atom. The second-order valence-electron chi connectivity index (χ2n) is 7.67. The summed E-state index contributed by atoms with van der Waals surface area (Å²) in [5.41, 5.74) is 1.02. The minimum absolute atomic E-state index is 0.0359. The van der Waals surface area contributed by atoms with Gasteiger partial charge in [0.25, 0.3) is 0 Å². The molecule has 0 aromatic heterocycles. The molecule has 2 aromatic rings. The van der Waals surface area contributed by atoms with Crippen molar-refractivity contribution in [3.8, 4) is 0 Å². The minimum Gasteiger partial charge on any atom is -0.357 e. The molecule has 2 rings (SSSR count). The fourth-order valence-corrected chi connectivity index (χ4v) is 4.72. The van der Waals surface area contributed by atoms with Crippen LogP contribution in [0.15, 0.2) is 42.5 Å². The zero-order valence-corrected chi connectivity index (χ0v) is 21.7. The number of sulfonamides is 1. The first-order chi connectivity index (χ1) is 15.9. The minimum atomic E-state index is -3.90. The summed E-state index contributed by atoms with van der Waals surface area (Å²) < 4.78 is 26.1. The van der Waals surface area contributed by atoms with Crippen molar-refractivity contribution in [2.24, 2.45) is 0 Å². The molecule has 11 heteroatoms. The Balaban J connectivity index is 2.49. The first-order valence-corrected chi connectivity index (χ1v) is 13.0. The Morgan fingerprint density at radius 1 is 1.09 bits per heavy atom. The summed E-state index contributed by atoms with van der Waals surface area (Å²) in [5.74, 6) is -1.25. The number of rotatable bonds is 10. The van der Waals surface area contributed by atoms with E-state index >= 15 is 0 Å². The van der Waals surface area contributed by atoms with Crippen molar-refractivity contribution in [2.45, 2.75) is 32.9 Å². The van der Waals surface area contributed by atoms with Gasteiger partial charge in [0.15, 0.2) is 5.78 Å². The van der Waals surface area contributed by atoms with Crippen LogP contribution >= 0.6 is 23.2 Å². The molecule has 0 heterocycles. The number of carbonyl (C=O) groups is 3. The molecule has 0 fully saturated rings. The number of Topliss-reactive ketones (excluding diaryl/α,β-unsaturated/α-hetero) is 1. The van der Waals surface area contributed by atoms with Crippen LogP contribution < -0.4 is 9.62 Å². The normalized spacial score (nSPS) is 12.1. The van der Waals surface area contributed by atoms with Crippen molar-refractivity contribution < 1.29 is 22.8 Å². The smallest absolute Gasteiger partial charge is 0.244 e. The standard InChI is InChI=1S/C23H27Cl2N3O5S/c1-5-21(23(31)26-3)27(13-17-9-10-18(24)12-20(17)25)22(30)14-28(34(4,32)33)19-8-6-7-16(11-19)15(2)29/h6-12,21H,5,13-14H2,1-4H3,(H,26,31)/t21-/m1/s1. The third-order valence-electron chi connectivity index (χ3n) is 5.21. The number of nitrogens with one attached hydrogen (secondary N) is 1. The van der Waals surface area contributed by atoms with E-state index in [2.05, 4.69) is 5.32 Å². The van der Waals surface area contributed by atoms with E-state index in [9.17, 15) is 22.8 Å². The summed E-state index contributed by atoms with van der Waals surface area (Å²) in [4.78, 5) is 39.1. The third kappa shape index (κ3) is 6.94. The summed E-state index contributed by atoms with van der Waals surface area (Å²) in [5, 5.41) is 3.27. The van der Waals surface area contributed by atoms with Crippen molar-refractivity contribution in [1.82, 2.24) is 10.2 Å². The van der Waals surface area contributed by atoms with E-state index in [4.69, 9.17) is 23.2 Å². The van der Waals surface area contributed by atoms with Crippen molar-refractivity contribution >= 4 is 56.5 Å². The Kier molecular flexibility index (Phi) is 9.49. The van der Waals surface area contributed by atoms with E-state index in [-0.39, 0.29) is 24.4 Å². The lowest BCUT2D eigenvalue weighted by Crippen LogP contribution is -2.51. The second-order valence-corrected chi connectivity index (χ2v) is 10.4. The van der Waals surface area contributed by atoms with E-state index in [0.717, 1.165) is 10.6 Å². The molecule has 0 radical (unpaired) electrons. The number of ketones is 1. The van der Waals surface area contributed by atoms with Gasteiger partial charge in [0.05, 0.1) is 11.9 Å². The van der Waals surface area contributed by atoms with Crippen molar-refractivity contribution in [3.05, 3.63) is 63.6 Å². The van der Waals surface area contributed by atoms with Gasteiger partial charge in [-0.1, -0.05) is 48.3 Å². The summed E-state index contributed by atoms with van der Waals surface area (Å²) in [7, 11) is -2.45. The molecular weight excluding hydrogens is 501 g/mol. The van der Waals surface area contributed by atoms with E-state index < -0.39 is 34.4 Å². The molecule has 0 saturated carbocycles. The zero-order valence-electron chi connectivity index (χ0n) is 19.3. The number of nitrogens with zero attached hydrogens (tertiary/aromatic N) is 2. The zero-order chi connectivity index (χ0) is 25.6. The summed E-state index contributed by atoms with van der Waals surface area (Å²) in [6.45, 7) is 2.50. The molecule has 0 aliphatic rings. The van der Waals surface area contributed by atoms with Crippen LogP contribution in [0.5, 0.6) is 0 Å². The van der Waals surface area contributed by atoms with Crippen LogP contribution in [0.3, 0.4) is 0 Å². The Bertz CT molecular complexity index is 1190. The van der Waals surface area contributed by atoms with Crippen LogP contribution in [-0.4, -0.2) is 56.8 Å². The average Bonchev–Trinajstić information content (AvgIpc) is 2.77. The number of anilines is 1. The predicted molar refractivity (Wildman–Crippen MR) is 134 cm³/mol. The van der Waals surface area contributed by atoms with Gasteiger partial charge in [-0.3, -0.25) is 18.7 Å². The van der Waals surface area contributed by atoms with E-state index in [1.807, 2.05) is 0 Å². The molecule has 184 valence electrons. The Labute approximate surface area is 209 Å². The molecule has 1 N–H and O–H groups in total. The van der Waals surface area contributed by atoms with Gasteiger partial charge < -0.3 is 10.2 Å². The first-order valence-electron chi connectivity index (χ1n) is 10.4. The van der Waals surface area contributed by atoms with Gasteiger partial charge in [0, 0.05) is 29.2 Å². The number of hydrogen-bond donors (Lipinski definition) is 1. The van der Waals surface area contributed by atoms with E-state index in [1.165, 1.54) is 37.1 Å².